The minimum Gasteiger partial charge on any atom is -0.456 e. The molecule has 216 valence electrons. The van der Waals surface area contributed by atoms with Crippen molar-refractivity contribution in [2.24, 2.45) is 23.7 Å². The molecule has 0 amide bonds. The van der Waals surface area contributed by atoms with Gasteiger partial charge in [-0.3, -0.25) is 0 Å². The van der Waals surface area contributed by atoms with Crippen LogP contribution in [-0.4, -0.2) is 0 Å². The van der Waals surface area contributed by atoms with Crippen molar-refractivity contribution in [1.82, 2.24) is 0 Å². The summed E-state index contributed by atoms with van der Waals surface area (Å²) in [6.07, 6.45) is 7.15. The highest BCUT2D eigenvalue weighted by molar-refractivity contribution is 6.10. The van der Waals surface area contributed by atoms with Gasteiger partial charge in [-0.05, 0) is 135 Å². The Hall–Kier alpha value is -4.62. The van der Waals surface area contributed by atoms with Gasteiger partial charge in [-0.1, -0.05) is 97.1 Å². The molecule has 4 fully saturated rings. The first-order valence-corrected chi connectivity index (χ1v) is 16.9. The lowest BCUT2D eigenvalue weighted by atomic mass is 9.43. The fourth-order valence-electron chi connectivity index (χ4n) is 11.0. The van der Waals surface area contributed by atoms with E-state index in [1.165, 1.54) is 87.4 Å². The molecule has 1 nitrogen and oxygen atoms in total. The summed E-state index contributed by atoms with van der Waals surface area (Å²) in [5.74, 6) is 5.34. The number of fused-ring (bicyclic) bond motifs is 5. The minimum atomic E-state index is 0.194. The Balaban J connectivity index is 1.06. The molecule has 0 atom stereocenters. The molecule has 0 aromatic heterocycles. The molecule has 4 saturated carbocycles. The van der Waals surface area contributed by atoms with E-state index in [1.807, 2.05) is 6.07 Å². The highest BCUT2D eigenvalue weighted by atomic mass is 16.5. The van der Waals surface area contributed by atoms with Crippen LogP contribution in [0.25, 0.3) is 55.3 Å². The molecule has 0 unspecified atom stereocenters. The van der Waals surface area contributed by atoms with E-state index in [0.29, 0.717) is 0 Å². The highest BCUT2D eigenvalue weighted by Gasteiger charge is 2.61. The average molecular weight is 579 g/mol. The zero-order valence-corrected chi connectivity index (χ0v) is 25.3. The second kappa shape index (κ2) is 8.76. The molecule has 12 rings (SSSR count). The van der Waals surface area contributed by atoms with E-state index in [4.69, 9.17) is 4.74 Å². The van der Waals surface area contributed by atoms with Crippen molar-refractivity contribution < 1.29 is 4.74 Å². The van der Waals surface area contributed by atoms with E-state index in [1.54, 1.807) is 11.1 Å². The summed E-state index contributed by atoms with van der Waals surface area (Å²) in [5.41, 5.74) is 14.0. The molecule has 4 bridgehead atoms. The zero-order valence-electron chi connectivity index (χ0n) is 25.3. The molecular formula is C44H34O. The van der Waals surface area contributed by atoms with E-state index < -0.39 is 0 Å². The van der Waals surface area contributed by atoms with Gasteiger partial charge in [0.05, 0.1) is 0 Å². The van der Waals surface area contributed by atoms with Crippen LogP contribution in [0.3, 0.4) is 0 Å². The lowest BCUT2D eigenvalue weighted by molar-refractivity contribution is -0.0399. The largest absolute Gasteiger partial charge is 0.456 e. The predicted molar refractivity (Wildman–Crippen MR) is 184 cm³/mol. The van der Waals surface area contributed by atoms with Gasteiger partial charge in [0.15, 0.2) is 0 Å². The van der Waals surface area contributed by atoms with E-state index >= 15 is 0 Å². The smallest absolute Gasteiger partial charge is 0.135 e. The van der Waals surface area contributed by atoms with Gasteiger partial charge in [-0.25, -0.2) is 0 Å². The molecule has 6 aromatic rings. The maximum absolute atomic E-state index is 6.40. The first-order chi connectivity index (χ1) is 22.3. The molecule has 6 aliphatic rings. The van der Waals surface area contributed by atoms with Gasteiger partial charge >= 0.3 is 0 Å². The predicted octanol–water partition coefficient (Wildman–Crippen LogP) is 11.7. The van der Waals surface area contributed by atoms with E-state index in [2.05, 4.69) is 115 Å². The van der Waals surface area contributed by atoms with Gasteiger partial charge in [0.1, 0.15) is 11.5 Å². The number of hydrogen-bond donors (Lipinski definition) is 0. The molecule has 6 aromatic carbocycles. The second-order valence-corrected chi connectivity index (χ2v) is 14.5. The van der Waals surface area contributed by atoms with Crippen LogP contribution in [-0.2, 0) is 5.41 Å². The van der Waals surface area contributed by atoms with Crippen LogP contribution in [0.4, 0.5) is 0 Å². The van der Waals surface area contributed by atoms with Crippen molar-refractivity contribution >= 4 is 10.8 Å². The van der Waals surface area contributed by atoms with E-state index in [0.717, 1.165) is 35.2 Å². The Bertz CT molecular complexity index is 2190. The lowest BCUT2D eigenvalue weighted by Crippen LogP contribution is -2.55. The Labute approximate surface area is 264 Å². The molecule has 0 saturated heterocycles. The van der Waals surface area contributed by atoms with Crippen LogP contribution in [0.1, 0.15) is 43.2 Å². The molecule has 1 heteroatoms. The summed E-state index contributed by atoms with van der Waals surface area (Å²) in [5, 5.41) is 2.45. The third-order valence-electron chi connectivity index (χ3n) is 12.5. The summed E-state index contributed by atoms with van der Waals surface area (Å²) in [6, 6.07) is 45.6. The third-order valence-corrected chi connectivity index (χ3v) is 12.5. The van der Waals surface area contributed by atoms with Gasteiger partial charge in [0, 0.05) is 16.4 Å². The van der Waals surface area contributed by atoms with Crippen LogP contribution in [0.5, 0.6) is 11.5 Å². The highest BCUT2D eigenvalue weighted by Crippen LogP contribution is 2.69. The number of ether oxygens (including phenoxy) is 1. The first kappa shape index (κ1) is 24.7. The number of benzene rings is 6. The molecule has 1 spiro atoms. The van der Waals surface area contributed by atoms with Crippen LogP contribution < -0.4 is 4.74 Å². The molecule has 1 heterocycles. The van der Waals surface area contributed by atoms with Crippen LogP contribution in [0.2, 0.25) is 0 Å². The van der Waals surface area contributed by atoms with E-state index in [9.17, 15) is 0 Å². The van der Waals surface area contributed by atoms with E-state index in [-0.39, 0.29) is 5.41 Å². The van der Waals surface area contributed by atoms with Crippen molar-refractivity contribution in [3.8, 4) is 56.0 Å². The molecule has 5 aliphatic carbocycles. The molecule has 45 heavy (non-hydrogen) atoms. The summed E-state index contributed by atoms with van der Waals surface area (Å²) in [4.78, 5) is 0. The standard InChI is InChI=1S/C44H34O/c1-3-13-39-34(9-1)35-16-15-29(25-40(35)44(39)31-20-26-19-27(22-31)23-32(44)21-26)28-7-5-8-30(24-28)33-17-18-42-43-37(33)11-6-12-38(43)36-10-2-4-14-41(36)45-42/h1-18,24-27,31-32H,19-23H2. The SMILES string of the molecule is c1cc(-c2ccc3c(c2)C2(c4ccccc4-3)C3CC4CC(C3)CC2C4)cc(-c2ccc3c4c(cccc24)-c2ccccc2O3)c1. The average Bonchev–Trinajstić information content (AvgIpc) is 3.37. The normalized spacial score (nSPS) is 26.0. The van der Waals surface area contributed by atoms with Crippen LogP contribution >= 0.6 is 0 Å². The second-order valence-electron chi connectivity index (χ2n) is 14.5. The molecular weight excluding hydrogens is 544 g/mol. The molecule has 1 aliphatic heterocycles. The van der Waals surface area contributed by atoms with Gasteiger partial charge in [-0.2, -0.15) is 0 Å². The Kier molecular flexibility index (Phi) is 4.80. The Morgan fingerprint density at radius 1 is 0.444 bits per heavy atom. The van der Waals surface area contributed by atoms with Crippen molar-refractivity contribution in [3.63, 3.8) is 0 Å². The van der Waals surface area contributed by atoms with Gasteiger partial charge in [-0.15, -0.1) is 0 Å². The third kappa shape index (κ3) is 3.19. The molecule has 0 radical (unpaired) electrons. The maximum Gasteiger partial charge on any atom is 0.135 e. The fraction of sp³-hybridized carbons (Fsp3) is 0.227. The monoisotopic (exact) mass is 578 g/mol. The van der Waals surface area contributed by atoms with Gasteiger partial charge < -0.3 is 4.74 Å². The Morgan fingerprint density at radius 2 is 1.11 bits per heavy atom. The fourth-order valence-corrected chi connectivity index (χ4v) is 11.0. The lowest BCUT2D eigenvalue weighted by Gasteiger charge is -2.61. The maximum atomic E-state index is 6.40. The number of para-hydroxylation sites is 1. The number of hydrogen-bond acceptors (Lipinski definition) is 1. The topological polar surface area (TPSA) is 9.23 Å². The van der Waals surface area contributed by atoms with Crippen molar-refractivity contribution in [2.45, 2.75) is 37.5 Å². The molecule has 0 N–H and O–H groups in total. The summed E-state index contributed by atoms with van der Waals surface area (Å²) in [6.45, 7) is 0. The first-order valence-electron chi connectivity index (χ1n) is 16.9. The van der Waals surface area contributed by atoms with Crippen molar-refractivity contribution in [1.29, 1.82) is 0 Å². The van der Waals surface area contributed by atoms with Crippen molar-refractivity contribution in [3.05, 3.63) is 132 Å². The quantitative estimate of drug-likeness (QED) is 0.198. The number of rotatable bonds is 2. The summed E-state index contributed by atoms with van der Waals surface area (Å²) in [7, 11) is 0. The summed E-state index contributed by atoms with van der Waals surface area (Å²) >= 11 is 0. The summed E-state index contributed by atoms with van der Waals surface area (Å²) < 4.78 is 6.40. The Morgan fingerprint density at radius 3 is 1.98 bits per heavy atom. The van der Waals surface area contributed by atoms with Gasteiger partial charge in [0.2, 0.25) is 0 Å². The zero-order chi connectivity index (χ0) is 29.3. The van der Waals surface area contributed by atoms with Crippen molar-refractivity contribution in [2.75, 3.05) is 0 Å². The minimum absolute atomic E-state index is 0.194. The van der Waals surface area contributed by atoms with Crippen LogP contribution in [0.15, 0.2) is 121 Å². The van der Waals surface area contributed by atoms with Gasteiger partial charge in [0.25, 0.3) is 0 Å². The van der Waals surface area contributed by atoms with Crippen LogP contribution in [0, 0.1) is 23.7 Å².